The molecule has 0 radical (unpaired) electrons. The lowest BCUT2D eigenvalue weighted by atomic mass is 10.0. The zero-order chi connectivity index (χ0) is 16.8. The number of likely N-dealkylation sites (N-methyl/N-ethyl adjacent to an activating group) is 1. The number of hydrogen-bond donors (Lipinski definition) is 3. The summed E-state index contributed by atoms with van der Waals surface area (Å²) in [4.78, 5) is 20.8. The van der Waals surface area contributed by atoms with Gasteiger partial charge in [-0.1, -0.05) is 13.8 Å². The number of aromatic nitrogens is 2. The van der Waals surface area contributed by atoms with Gasteiger partial charge in [-0.2, -0.15) is 4.98 Å². The zero-order valence-corrected chi connectivity index (χ0v) is 15.3. The first kappa shape index (κ1) is 17.9. The van der Waals surface area contributed by atoms with Gasteiger partial charge in [0.1, 0.15) is 11.9 Å². The average molecular weight is 386 g/mol. The van der Waals surface area contributed by atoms with E-state index in [4.69, 9.17) is 4.74 Å². The van der Waals surface area contributed by atoms with Crippen molar-refractivity contribution < 1.29 is 9.53 Å². The van der Waals surface area contributed by atoms with Gasteiger partial charge in [0, 0.05) is 13.2 Å². The van der Waals surface area contributed by atoms with Crippen LogP contribution in [-0.2, 0) is 9.53 Å². The molecule has 1 aliphatic heterocycles. The lowest BCUT2D eigenvalue weighted by Crippen LogP contribution is -2.41. The molecule has 1 unspecified atom stereocenters. The van der Waals surface area contributed by atoms with Gasteiger partial charge in [-0.3, -0.25) is 4.79 Å². The van der Waals surface area contributed by atoms with E-state index in [-0.39, 0.29) is 18.0 Å². The number of halogens is 1. The van der Waals surface area contributed by atoms with Crippen molar-refractivity contribution in [2.24, 2.45) is 5.92 Å². The van der Waals surface area contributed by atoms with Gasteiger partial charge in [0.2, 0.25) is 11.9 Å². The van der Waals surface area contributed by atoms with E-state index in [0.29, 0.717) is 30.9 Å². The van der Waals surface area contributed by atoms with Crippen LogP contribution in [0.1, 0.15) is 26.7 Å². The van der Waals surface area contributed by atoms with Crippen LogP contribution in [0.15, 0.2) is 10.7 Å². The number of carbonyl (C=O) groups excluding carboxylic acids is 1. The molecule has 1 aromatic rings. The molecule has 0 aliphatic carbocycles. The lowest BCUT2D eigenvalue weighted by molar-refractivity contribution is -0.121. The van der Waals surface area contributed by atoms with Crippen LogP contribution in [0.3, 0.4) is 0 Å². The van der Waals surface area contributed by atoms with Crippen molar-refractivity contribution in [2.45, 2.75) is 38.8 Å². The first-order chi connectivity index (χ1) is 11.0. The molecule has 1 saturated heterocycles. The summed E-state index contributed by atoms with van der Waals surface area (Å²) >= 11 is 3.44. The normalized spacial score (nSPS) is 15.9. The largest absolute Gasteiger partial charge is 0.377 e. The van der Waals surface area contributed by atoms with E-state index in [1.165, 1.54) is 0 Å². The molecule has 1 amide bonds. The third-order valence-corrected chi connectivity index (χ3v) is 4.20. The Bertz CT molecular complexity index is 537. The van der Waals surface area contributed by atoms with Gasteiger partial charge in [0.15, 0.2) is 0 Å². The monoisotopic (exact) mass is 385 g/mol. The predicted molar refractivity (Wildman–Crippen MR) is 93.5 cm³/mol. The minimum absolute atomic E-state index is 0.0564. The van der Waals surface area contributed by atoms with Crippen LogP contribution in [0.25, 0.3) is 0 Å². The third kappa shape index (κ3) is 5.31. The molecular formula is C15H24BrN5O2. The predicted octanol–water partition coefficient (Wildman–Crippen LogP) is 2.01. The molecule has 3 N–H and O–H groups in total. The first-order valence-corrected chi connectivity index (χ1v) is 8.63. The maximum absolute atomic E-state index is 12.0. The third-order valence-electron chi connectivity index (χ3n) is 3.62. The van der Waals surface area contributed by atoms with Crippen LogP contribution >= 0.6 is 15.9 Å². The zero-order valence-electron chi connectivity index (χ0n) is 13.7. The molecule has 128 valence electrons. The summed E-state index contributed by atoms with van der Waals surface area (Å²) in [7, 11) is 1.64. The van der Waals surface area contributed by atoms with Crippen LogP contribution in [0.5, 0.6) is 0 Å². The maximum Gasteiger partial charge on any atom is 0.242 e. The Morgan fingerprint density at radius 2 is 2.17 bits per heavy atom. The standard InChI is InChI=1S/C15H24BrN5O2/c1-9(2)4-5-12(14(22)17-3)20-15-18-6-11(16)13(21-15)19-10-7-23-8-10/h6,9-10,12H,4-5,7-8H2,1-3H3,(H,17,22)(H2,18,19,20,21). The molecule has 0 spiro atoms. The summed E-state index contributed by atoms with van der Waals surface area (Å²) in [6, 6.07) is -0.0758. The summed E-state index contributed by atoms with van der Waals surface area (Å²) in [5.74, 6) is 1.62. The van der Waals surface area contributed by atoms with Crippen molar-refractivity contribution in [1.29, 1.82) is 0 Å². The van der Waals surface area contributed by atoms with Crippen molar-refractivity contribution in [1.82, 2.24) is 15.3 Å². The van der Waals surface area contributed by atoms with E-state index >= 15 is 0 Å². The smallest absolute Gasteiger partial charge is 0.242 e. The Balaban J connectivity index is 2.05. The van der Waals surface area contributed by atoms with Gasteiger partial charge in [-0.15, -0.1) is 0 Å². The fourth-order valence-corrected chi connectivity index (χ4v) is 2.45. The minimum Gasteiger partial charge on any atom is -0.377 e. The summed E-state index contributed by atoms with van der Waals surface area (Å²) in [5, 5.41) is 9.11. The van der Waals surface area contributed by atoms with Crippen LogP contribution in [0.4, 0.5) is 11.8 Å². The van der Waals surface area contributed by atoms with Gasteiger partial charge in [0.05, 0.1) is 23.7 Å². The Kier molecular flexibility index (Phi) is 6.59. The van der Waals surface area contributed by atoms with E-state index < -0.39 is 0 Å². The second-order valence-corrected chi connectivity index (χ2v) is 6.91. The second-order valence-electron chi connectivity index (χ2n) is 6.05. The number of rotatable bonds is 8. The fraction of sp³-hybridized carbons (Fsp3) is 0.667. The summed E-state index contributed by atoms with van der Waals surface area (Å²) in [5.41, 5.74) is 0. The van der Waals surface area contributed by atoms with E-state index in [1.807, 2.05) is 0 Å². The Hall–Kier alpha value is -1.41. The topological polar surface area (TPSA) is 88.2 Å². The summed E-state index contributed by atoms with van der Waals surface area (Å²) in [6.45, 7) is 5.63. The van der Waals surface area contributed by atoms with Crippen LogP contribution in [0.2, 0.25) is 0 Å². The Morgan fingerprint density at radius 3 is 2.74 bits per heavy atom. The van der Waals surface area contributed by atoms with Crippen molar-refractivity contribution >= 4 is 33.6 Å². The van der Waals surface area contributed by atoms with Crippen LogP contribution in [-0.4, -0.2) is 48.2 Å². The maximum atomic E-state index is 12.0. The van der Waals surface area contributed by atoms with Gasteiger partial charge >= 0.3 is 0 Å². The number of anilines is 2. The molecule has 0 aromatic carbocycles. The van der Waals surface area contributed by atoms with Crippen LogP contribution in [0, 0.1) is 5.92 Å². The molecule has 1 fully saturated rings. The highest BCUT2D eigenvalue weighted by Crippen LogP contribution is 2.23. The van der Waals surface area contributed by atoms with E-state index in [0.717, 1.165) is 17.3 Å². The minimum atomic E-state index is -0.344. The molecule has 8 heteroatoms. The molecule has 2 rings (SSSR count). The van der Waals surface area contributed by atoms with E-state index in [2.05, 4.69) is 55.7 Å². The molecule has 7 nitrogen and oxygen atoms in total. The molecule has 1 atom stereocenters. The first-order valence-electron chi connectivity index (χ1n) is 7.84. The molecule has 0 bridgehead atoms. The van der Waals surface area contributed by atoms with Crippen molar-refractivity contribution in [3.05, 3.63) is 10.7 Å². The highest BCUT2D eigenvalue weighted by Gasteiger charge is 2.22. The fourth-order valence-electron chi connectivity index (χ4n) is 2.15. The number of nitrogens with one attached hydrogen (secondary N) is 3. The van der Waals surface area contributed by atoms with E-state index in [1.54, 1.807) is 13.2 Å². The molecule has 1 aliphatic rings. The van der Waals surface area contributed by atoms with Gasteiger partial charge in [-0.25, -0.2) is 4.98 Å². The van der Waals surface area contributed by atoms with Crippen molar-refractivity contribution in [2.75, 3.05) is 30.9 Å². The van der Waals surface area contributed by atoms with Gasteiger partial charge in [-0.05, 0) is 34.7 Å². The highest BCUT2D eigenvalue weighted by atomic mass is 79.9. The SMILES string of the molecule is CNC(=O)C(CCC(C)C)Nc1ncc(Br)c(NC2COC2)n1. The molecule has 0 saturated carbocycles. The number of amides is 1. The lowest BCUT2D eigenvalue weighted by Gasteiger charge is -2.27. The molecule has 1 aromatic heterocycles. The number of ether oxygens (including phenoxy) is 1. The number of hydrogen-bond acceptors (Lipinski definition) is 6. The quantitative estimate of drug-likeness (QED) is 0.634. The average Bonchev–Trinajstić information content (AvgIpc) is 2.48. The summed E-state index contributed by atoms with van der Waals surface area (Å²) in [6.07, 6.45) is 3.36. The molecule has 23 heavy (non-hydrogen) atoms. The second kappa shape index (κ2) is 8.44. The van der Waals surface area contributed by atoms with Crippen LogP contribution < -0.4 is 16.0 Å². The van der Waals surface area contributed by atoms with Gasteiger partial charge < -0.3 is 20.7 Å². The number of carbonyl (C=O) groups is 1. The molecular weight excluding hydrogens is 362 g/mol. The van der Waals surface area contributed by atoms with Gasteiger partial charge in [0.25, 0.3) is 0 Å². The Labute approximate surface area is 145 Å². The van der Waals surface area contributed by atoms with E-state index in [9.17, 15) is 4.79 Å². The van der Waals surface area contributed by atoms with Crippen molar-refractivity contribution in [3.8, 4) is 0 Å². The number of nitrogens with zero attached hydrogens (tertiary/aromatic N) is 2. The summed E-state index contributed by atoms with van der Waals surface area (Å²) < 4.78 is 5.94. The highest BCUT2D eigenvalue weighted by molar-refractivity contribution is 9.10. The van der Waals surface area contributed by atoms with Crippen molar-refractivity contribution in [3.63, 3.8) is 0 Å². The molecule has 2 heterocycles. The Morgan fingerprint density at radius 1 is 1.43 bits per heavy atom.